The molecule has 0 heterocycles. The average Bonchev–Trinajstić information content (AvgIpc) is 2.29. The van der Waals surface area contributed by atoms with Crippen LogP contribution < -0.4 is 0 Å². The number of carbonyl (C=O) groups excluding carboxylic acids is 1. The first-order valence-corrected chi connectivity index (χ1v) is 6.70. The van der Waals surface area contributed by atoms with E-state index in [1.165, 1.54) is 38.5 Å². The largest absolute Gasteiger partial charge is 0.299 e. The summed E-state index contributed by atoms with van der Waals surface area (Å²) in [6.45, 7) is 1.96. The zero-order valence-electron chi connectivity index (χ0n) is 10.5. The summed E-state index contributed by atoms with van der Waals surface area (Å²) in [4.78, 5) is 11.7. The van der Waals surface area contributed by atoms with Gasteiger partial charge in [-0.25, -0.2) is 0 Å². The van der Waals surface area contributed by atoms with Gasteiger partial charge in [0.25, 0.3) is 0 Å². The maximum Gasteiger partial charge on any atom is 0.139 e. The summed E-state index contributed by atoms with van der Waals surface area (Å²) in [6.07, 6.45) is 17.8. The monoisotopic (exact) mass is 220 g/mol. The third kappa shape index (κ3) is 5.29. The summed E-state index contributed by atoms with van der Waals surface area (Å²) in [5, 5.41) is 0. The molecule has 0 saturated carbocycles. The fourth-order valence-electron chi connectivity index (χ4n) is 2.16. The quantitative estimate of drug-likeness (QED) is 0.672. The Labute approximate surface area is 99.6 Å². The average molecular weight is 220 g/mol. The summed E-state index contributed by atoms with van der Waals surface area (Å²) in [5.41, 5.74) is 0. The molecule has 1 unspecified atom stereocenters. The third-order valence-corrected chi connectivity index (χ3v) is 3.24. The van der Waals surface area contributed by atoms with E-state index in [9.17, 15) is 4.79 Å². The van der Waals surface area contributed by atoms with Gasteiger partial charge in [-0.1, -0.05) is 56.9 Å². The minimum Gasteiger partial charge on any atom is -0.299 e. The lowest BCUT2D eigenvalue weighted by Gasteiger charge is -2.10. The van der Waals surface area contributed by atoms with E-state index < -0.39 is 0 Å². The van der Waals surface area contributed by atoms with Crippen molar-refractivity contribution < 1.29 is 4.79 Å². The zero-order valence-corrected chi connectivity index (χ0v) is 10.5. The molecule has 16 heavy (non-hydrogen) atoms. The van der Waals surface area contributed by atoms with Crippen molar-refractivity contribution in [1.29, 1.82) is 0 Å². The number of Topliss-reactive ketones (excluding diaryl/α,β-unsaturated/α-hetero) is 1. The van der Waals surface area contributed by atoms with E-state index in [1.807, 2.05) is 6.92 Å². The Morgan fingerprint density at radius 1 is 1.12 bits per heavy atom. The molecule has 1 atom stereocenters. The van der Waals surface area contributed by atoms with Crippen molar-refractivity contribution in [2.45, 2.75) is 58.3 Å². The smallest absolute Gasteiger partial charge is 0.139 e. The fourth-order valence-corrected chi connectivity index (χ4v) is 2.16. The molecule has 90 valence electrons. The van der Waals surface area contributed by atoms with Crippen LogP contribution in [0.4, 0.5) is 0 Å². The predicted molar refractivity (Wildman–Crippen MR) is 69.4 cm³/mol. The van der Waals surface area contributed by atoms with Gasteiger partial charge in [0.2, 0.25) is 0 Å². The summed E-state index contributed by atoms with van der Waals surface area (Å²) in [5.74, 6) is 0.552. The molecule has 0 aromatic rings. The minimum atomic E-state index is 0.161. The number of ketones is 1. The summed E-state index contributed by atoms with van der Waals surface area (Å²) in [6, 6.07) is 0. The molecule has 0 fully saturated rings. The van der Waals surface area contributed by atoms with Gasteiger partial charge in [0.15, 0.2) is 0 Å². The molecule has 0 saturated heterocycles. The van der Waals surface area contributed by atoms with Crippen LogP contribution in [0.2, 0.25) is 0 Å². The maximum absolute atomic E-state index is 11.7. The van der Waals surface area contributed by atoms with Crippen LogP contribution in [-0.2, 0) is 4.79 Å². The second-order valence-corrected chi connectivity index (χ2v) is 4.58. The Balaban J connectivity index is 2.54. The number of hydrogen-bond donors (Lipinski definition) is 0. The van der Waals surface area contributed by atoms with Crippen molar-refractivity contribution in [3.05, 3.63) is 24.3 Å². The second kappa shape index (κ2) is 8.32. The molecule has 0 aliphatic heterocycles. The van der Waals surface area contributed by atoms with Crippen LogP contribution in [0, 0.1) is 5.92 Å². The number of carbonyl (C=O) groups is 1. The fraction of sp³-hybridized carbons (Fsp3) is 0.667. The molecular weight excluding hydrogens is 196 g/mol. The summed E-state index contributed by atoms with van der Waals surface area (Å²) in [7, 11) is 0. The van der Waals surface area contributed by atoms with Crippen LogP contribution in [-0.4, -0.2) is 5.78 Å². The molecule has 0 aromatic heterocycles. The van der Waals surface area contributed by atoms with Gasteiger partial charge in [-0.15, -0.1) is 0 Å². The van der Waals surface area contributed by atoms with E-state index in [0.717, 1.165) is 6.42 Å². The van der Waals surface area contributed by atoms with Gasteiger partial charge < -0.3 is 0 Å². The predicted octanol–water partition coefficient (Wildman–Crippen LogP) is 4.44. The maximum atomic E-state index is 11.7. The van der Waals surface area contributed by atoms with Crippen molar-refractivity contribution in [3.8, 4) is 0 Å². The number of hydrogen-bond acceptors (Lipinski definition) is 1. The molecule has 1 nitrogen and oxygen atoms in total. The van der Waals surface area contributed by atoms with Gasteiger partial charge >= 0.3 is 0 Å². The highest BCUT2D eigenvalue weighted by atomic mass is 16.1. The molecule has 1 aliphatic rings. The lowest BCUT2D eigenvalue weighted by molar-refractivity contribution is -0.121. The standard InChI is InChI=1S/C15H24O/c1-2-15(16)14-12-10-8-6-4-3-5-7-9-11-13-14/h6,8,10,12,14H,2-5,7,9,11,13H2,1H3. The Bertz CT molecular complexity index is 250. The molecule has 0 aromatic carbocycles. The first-order chi connectivity index (χ1) is 7.84. The molecule has 0 spiro atoms. The lowest BCUT2D eigenvalue weighted by Crippen LogP contribution is -2.10. The Hall–Kier alpha value is -0.850. The molecule has 1 rings (SSSR count). The first-order valence-electron chi connectivity index (χ1n) is 6.70. The summed E-state index contributed by atoms with van der Waals surface area (Å²) >= 11 is 0. The highest BCUT2D eigenvalue weighted by Crippen LogP contribution is 2.16. The van der Waals surface area contributed by atoms with Gasteiger partial charge in [-0.2, -0.15) is 0 Å². The van der Waals surface area contributed by atoms with E-state index in [1.54, 1.807) is 0 Å². The van der Waals surface area contributed by atoms with Crippen LogP contribution >= 0.6 is 0 Å². The van der Waals surface area contributed by atoms with Gasteiger partial charge in [-0.3, -0.25) is 4.79 Å². The molecule has 1 heteroatoms. The normalized spacial score (nSPS) is 23.4. The highest BCUT2D eigenvalue weighted by Gasteiger charge is 2.12. The minimum absolute atomic E-state index is 0.161. The van der Waals surface area contributed by atoms with Gasteiger partial charge in [0.05, 0.1) is 0 Å². The van der Waals surface area contributed by atoms with Crippen molar-refractivity contribution in [1.82, 2.24) is 0 Å². The van der Waals surface area contributed by atoms with Crippen LogP contribution in [0.3, 0.4) is 0 Å². The van der Waals surface area contributed by atoms with Crippen LogP contribution in [0.15, 0.2) is 24.3 Å². The third-order valence-electron chi connectivity index (χ3n) is 3.24. The molecule has 0 bridgehead atoms. The van der Waals surface area contributed by atoms with E-state index >= 15 is 0 Å². The van der Waals surface area contributed by atoms with Crippen LogP contribution in [0.5, 0.6) is 0 Å². The Kier molecular flexibility index (Phi) is 6.87. The first kappa shape index (κ1) is 13.2. The highest BCUT2D eigenvalue weighted by molar-refractivity contribution is 5.82. The van der Waals surface area contributed by atoms with Gasteiger partial charge in [0.1, 0.15) is 5.78 Å². The number of allylic oxidation sites excluding steroid dienone is 4. The van der Waals surface area contributed by atoms with E-state index in [-0.39, 0.29) is 5.92 Å². The van der Waals surface area contributed by atoms with Crippen molar-refractivity contribution >= 4 is 5.78 Å². The second-order valence-electron chi connectivity index (χ2n) is 4.58. The number of rotatable bonds is 2. The van der Waals surface area contributed by atoms with E-state index in [2.05, 4.69) is 24.3 Å². The Morgan fingerprint density at radius 2 is 1.88 bits per heavy atom. The SMILES string of the molecule is CCC(=O)C1C=CC=CCCCCCCC1. The van der Waals surface area contributed by atoms with Crippen molar-refractivity contribution in [3.63, 3.8) is 0 Å². The Morgan fingerprint density at radius 3 is 2.69 bits per heavy atom. The molecular formula is C15H24O. The van der Waals surface area contributed by atoms with Crippen molar-refractivity contribution in [2.24, 2.45) is 5.92 Å². The van der Waals surface area contributed by atoms with Crippen LogP contribution in [0.25, 0.3) is 0 Å². The lowest BCUT2D eigenvalue weighted by atomic mass is 9.94. The van der Waals surface area contributed by atoms with E-state index in [4.69, 9.17) is 0 Å². The summed E-state index contributed by atoms with van der Waals surface area (Å²) < 4.78 is 0. The van der Waals surface area contributed by atoms with Gasteiger partial charge in [0, 0.05) is 12.3 Å². The topological polar surface area (TPSA) is 17.1 Å². The van der Waals surface area contributed by atoms with Crippen LogP contribution in [0.1, 0.15) is 58.3 Å². The van der Waals surface area contributed by atoms with Crippen molar-refractivity contribution in [2.75, 3.05) is 0 Å². The molecule has 0 N–H and O–H groups in total. The molecule has 1 aliphatic carbocycles. The zero-order chi connectivity index (χ0) is 11.6. The molecule has 0 radical (unpaired) electrons. The van der Waals surface area contributed by atoms with Gasteiger partial charge in [-0.05, 0) is 19.3 Å². The molecule has 0 amide bonds. The van der Waals surface area contributed by atoms with E-state index in [0.29, 0.717) is 12.2 Å².